The topological polar surface area (TPSA) is 121 Å². The van der Waals surface area contributed by atoms with E-state index in [1.165, 1.54) is 22.7 Å². The highest BCUT2D eigenvalue weighted by Gasteiger charge is 2.23. The van der Waals surface area contributed by atoms with Crippen LogP contribution in [0.5, 0.6) is 0 Å². The molecule has 10 nitrogen and oxygen atoms in total. The molecule has 0 bridgehead atoms. The molecule has 3 aromatic heterocycles. The number of ether oxygens (including phenoxy) is 2. The summed E-state index contributed by atoms with van der Waals surface area (Å²) in [5, 5.41) is 6.18. The van der Waals surface area contributed by atoms with Crippen molar-refractivity contribution in [2.24, 2.45) is 0 Å². The molecule has 0 saturated heterocycles. The number of nitrogens with one attached hydrogen (secondary N) is 3. The maximum atomic E-state index is 13.0. The largest absolute Gasteiger partial charge is 0.444 e. The van der Waals surface area contributed by atoms with Crippen molar-refractivity contribution in [1.82, 2.24) is 30.5 Å². The molecule has 0 aliphatic carbocycles. The Morgan fingerprint density at radius 2 is 1.24 bits per heavy atom. The Labute approximate surface area is 270 Å². The average Bonchev–Trinajstić information content (AvgIpc) is 3.85. The number of H-pyrrole nitrogens is 1. The molecule has 2 atom stereocenters. The zero-order valence-corrected chi connectivity index (χ0v) is 26.3. The van der Waals surface area contributed by atoms with Crippen LogP contribution in [0.25, 0.3) is 0 Å². The first-order valence-corrected chi connectivity index (χ1v) is 16.4. The van der Waals surface area contributed by atoms with Gasteiger partial charge in [0.25, 0.3) is 0 Å². The van der Waals surface area contributed by atoms with Gasteiger partial charge in [0.1, 0.15) is 13.2 Å². The lowest BCUT2D eigenvalue weighted by molar-refractivity contribution is 0.125. The molecule has 0 radical (unpaired) electrons. The summed E-state index contributed by atoms with van der Waals surface area (Å²) >= 11 is 2.88. The highest BCUT2D eigenvalue weighted by Crippen LogP contribution is 2.13. The van der Waals surface area contributed by atoms with Crippen LogP contribution in [0.2, 0.25) is 0 Å². The SMILES string of the molecule is O=C(N[C@H](Cc1ccccc1)CN(Cc1ccc[nH]1)C[C@@H](Cc1ccccc1)NC(=O)OCc1cncs1)OCc1cncs1. The van der Waals surface area contributed by atoms with Crippen LogP contribution in [-0.2, 0) is 42.1 Å². The van der Waals surface area contributed by atoms with Gasteiger partial charge in [0, 0.05) is 56.0 Å². The van der Waals surface area contributed by atoms with Crippen molar-refractivity contribution >= 4 is 34.9 Å². The van der Waals surface area contributed by atoms with Gasteiger partial charge >= 0.3 is 12.2 Å². The lowest BCUT2D eigenvalue weighted by Gasteiger charge is -2.31. The van der Waals surface area contributed by atoms with E-state index < -0.39 is 12.2 Å². The van der Waals surface area contributed by atoms with E-state index in [0.29, 0.717) is 32.5 Å². The van der Waals surface area contributed by atoms with E-state index in [1.807, 2.05) is 79.0 Å². The van der Waals surface area contributed by atoms with Crippen LogP contribution >= 0.6 is 22.7 Å². The molecule has 3 heterocycles. The van der Waals surface area contributed by atoms with Crippen molar-refractivity contribution in [2.75, 3.05) is 13.1 Å². The Kier molecular flexibility index (Phi) is 12.1. The number of aromatic amines is 1. The normalized spacial score (nSPS) is 12.4. The van der Waals surface area contributed by atoms with Gasteiger partial charge in [-0.25, -0.2) is 9.59 Å². The number of alkyl carbamates (subject to hydrolysis) is 2. The number of aromatic nitrogens is 3. The molecule has 45 heavy (non-hydrogen) atoms. The van der Waals surface area contributed by atoms with Gasteiger partial charge < -0.3 is 25.1 Å². The molecule has 234 valence electrons. The first-order chi connectivity index (χ1) is 22.1. The van der Waals surface area contributed by atoms with Crippen molar-refractivity contribution in [3.8, 4) is 0 Å². The second-order valence-electron chi connectivity index (χ2n) is 10.5. The number of nitrogens with zero attached hydrogens (tertiary/aromatic N) is 3. The van der Waals surface area contributed by atoms with Crippen molar-refractivity contribution in [1.29, 1.82) is 0 Å². The molecular formula is C33H36N6O4S2. The van der Waals surface area contributed by atoms with Crippen LogP contribution < -0.4 is 10.6 Å². The second kappa shape index (κ2) is 17.1. The van der Waals surface area contributed by atoms with Crippen LogP contribution in [-0.4, -0.2) is 57.2 Å². The van der Waals surface area contributed by atoms with Gasteiger partial charge in [0.05, 0.1) is 20.8 Å². The Balaban J connectivity index is 1.32. The smallest absolute Gasteiger partial charge is 0.407 e. The number of hydrogen-bond acceptors (Lipinski definition) is 9. The van der Waals surface area contributed by atoms with Crippen molar-refractivity contribution in [2.45, 2.75) is 44.7 Å². The number of carbonyl (C=O) groups is 2. The molecule has 0 unspecified atom stereocenters. The molecule has 3 N–H and O–H groups in total. The fourth-order valence-corrected chi connectivity index (χ4v) is 5.98. The molecule has 5 rings (SSSR count). The molecule has 5 aromatic rings. The summed E-state index contributed by atoms with van der Waals surface area (Å²) in [6.07, 6.45) is 5.50. The predicted octanol–water partition coefficient (Wildman–Crippen LogP) is 5.81. The summed E-state index contributed by atoms with van der Waals surface area (Å²) in [6.45, 7) is 1.92. The number of rotatable bonds is 16. The minimum atomic E-state index is -0.491. The molecule has 2 amide bonds. The summed E-state index contributed by atoms with van der Waals surface area (Å²) in [5.41, 5.74) is 6.63. The van der Waals surface area contributed by atoms with E-state index in [9.17, 15) is 9.59 Å². The minimum absolute atomic E-state index is 0.160. The van der Waals surface area contributed by atoms with E-state index in [2.05, 4.69) is 30.5 Å². The highest BCUT2D eigenvalue weighted by atomic mass is 32.1. The number of amides is 2. The van der Waals surface area contributed by atoms with Gasteiger partial charge in [-0.2, -0.15) is 0 Å². The van der Waals surface area contributed by atoms with Crippen LogP contribution in [0.4, 0.5) is 9.59 Å². The van der Waals surface area contributed by atoms with Crippen LogP contribution in [0.1, 0.15) is 26.6 Å². The summed E-state index contributed by atoms with van der Waals surface area (Å²) in [7, 11) is 0. The van der Waals surface area contributed by atoms with Gasteiger partial charge in [-0.05, 0) is 36.1 Å². The standard InChI is InChI=1S/C33H36N6O4S2/c40-32(42-21-30-16-34-23-44-30)37-28(14-25-8-3-1-4-9-25)19-39(18-27-12-7-13-36-27)20-29(15-26-10-5-2-6-11-26)38-33(41)43-22-31-17-35-24-45-31/h1-13,16-17,23-24,28-29,36H,14-15,18-22H2,(H,37,40)(H,38,41)/t28-,29-/m1/s1. The average molecular weight is 645 g/mol. The summed E-state index contributed by atoms with van der Waals surface area (Å²) < 4.78 is 11.1. The zero-order valence-electron chi connectivity index (χ0n) is 24.7. The molecule has 0 aliphatic rings. The zero-order chi connectivity index (χ0) is 31.1. The van der Waals surface area contributed by atoms with Crippen molar-refractivity contribution in [3.05, 3.63) is 129 Å². The third-order valence-electron chi connectivity index (χ3n) is 6.97. The summed E-state index contributed by atoms with van der Waals surface area (Å²) in [6, 6.07) is 23.5. The molecule has 2 aromatic carbocycles. The van der Waals surface area contributed by atoms with E-state index >= 15 is 0 Å². The Bertz CT molecular complexity index is 1440. The molecule has 0 spiro atoms. The van der Waals surface area contributed by atoms with Gasteiger partial charge in [0.15, 0.2) is 0 Å². The lowest BCUT2D eigenvalue weighted by atomic mass is 10.0. The number of hydrogen-bond donors (Lipinski definition) is 3. The molecular weight excluding hydrogens is 609 g/mol. The predicted molar refractivity (Wildman–Crippen MR) is 175 cm³/mol. The molecule has 0 saturated carbocycles. The minimum Gasteiger partial charge on any atom is -0.444 e. The monoisotopic (exact) mass is 644 g/mol. The third-order valence-corrected chi connectivity index (χ3v) is 8.47. The fourth-order valence-electron chi connectivity index (χ4n) is 4.97. The highest BCUT2D eigenvalue weighted by molar-refractivity contribution is 7.09. The second-order valence-corrected chi connectivity index (χ2v) is 12.5. The van der Waals surface area contributed by atoms with E-state index in [-0.39, 0.29) is 25.3 Å². The molecule has 12 heteroatoms. The fraction of sp³-hybridized carbons (Fsp3) is 0.273. The first kappa shape index (κ1) is 31.9. The number of thiazole rings is 2. The van der Waals surface area contributed by atoms with E-state index in [0.717, 1.165) is 26.6 Å². The summed E-state index contributed by atoms with van der Waals surface area (Å²) in [4.78, 5) is 41.3. The van der Waals surface area contributed by atoms with Gasteiger partial charge in [-0.1, -0.05) is 60.7 Å². The van der Waals surface area contributed by atoms with Gasteiger partial charge in [0.2, 0.25) is 0 Å². The van der Waals surface area contributed by atoms with E-state index in [4.69, 9.17) is 9.47 Å². The summed E-state index contributed by atoms with van der Waals surface area (Å²) in [5.74, 6) is 0. The lowest BCUT2D eigenvalue weighted by Crippen LogP contribution is -2.50. The van der Waals surface area contributed by atoms with Crippen molar-refractivity contribution < 1.29 is 19.1 Å². The third kappa shape index (κ3) is 11.2. The quantitative estimate of drug-likeness (QED) is 0.124. The van der Waals surface area contributed by atoms with Gasteiger partial charge in [-0.15, -0.1) is 22.7 Å². The Hall–Kier alpha value is -4.52. The van der Waals surface area contributed by atoms with Gasteiger partial charge in [-0.3, -0.25) is 14.9 Å². The van der Waals surface area contributed by atoms with E-state index in [1.54, 1.807) is 23.4 Å². The maximum Gasteiger partial charge on any atom is 0.407 e. The Morgan fingerprint density at radius 1 is 0.733 bits per heavy atom. The van der Waals surface area contributed by atoms with Crippen LogP contribution in [0.3, 0.4) is 0 Å². The first-order valence-electron chi connectivity index (χ1n) is 14.6. The molecule has 0 fully saturated rings. The molecule has 0 aliphatic heterocycles. The number of carbonyl (C=O) groups excluding carboxylic acids is 2. The van der Waals surface area contributed by atoms with Crippen LogP contribution in [0, 0.1) is 0 Å². The van der Waals surface area contributed by atoms with Crippen molar-refractivity contribution in [3.63, 3.8) is 0 Å². The Morgan fingerprint density at radius 3 is 1.67 bits per heavy atom. The number of benzene rings is 2. The van der Waals surface area contributed by atoms with Crippen LogP contribution in [0.15, 0.2) is 102 Å². The maximum absolute atomic E-state index is 13.0.